The Hall–Kier alpha value is -3.41. The summed E-state index contributed by atoms with van der Waals surface area (Å²) in [6.07, 6.45) is 0. The Kier molecular flexibility index (Phi) is 5.59. The number of rotatable bonds is 5. The number of hydrogen-bond acceptors (Lipinski definition) is 4. The van der Waals surface area contributed by atoms with Crippen LogP contribution in [0.5, 0.6) is 0 Å². The third-order valence-corrected chi connectivity index (χ3v) is 3.84. The topological polar surface area (TPSA) is 73.2 Å². The van der Waals surface area contributed by atoms with E-state index >= 15 is 0 Å². The van der Waals surface area contributed by atoms with E-state index in [9.17, 15) is 9.59 Å². The molecule has 3 rings (SSSR count). The van der Waals surface area contributed by atoms with Crippen molar-refractivity contribution in [3.8, 4) is 16.9 Å². The highest BCUT2D eigenvalue weighted by atomic mass is 16.5. The van der Waals surface area contributed by atoms with Crippen LogP contribution in [-0.2, 0) is 9.53 Å². The summed E-state index contributed by atoms with van der Waals surface area (Å²) in [5.74, 6) is -0.961. The maximum Gasteiger partial charge on any atom is 0.357 e. The average Bonchev–Trinajstić information content (AvgIpc) is 3.12. The normalized spacial score (nSPS) is 11.1. The lowest BCUT2D eigenvalue weighted by Crippen LogP contribution is -2.42. The summed E-state index contributed by atoms with van der Waals surface area (Å²) in [6, 6.07) is 20.6. The van der Waals surface area contributed by atoms with Crippen LogP contribution in [0.25, 0.3) is 16.9 Å². The molecule has 0 aliphatic heterocycles. The van der Waals surface area contributed by atoms with Gasteiger partial charge in [0, 0.05) is 11.1 Å². The van der Waals surface area contributed by atoms with Gasteiger partial charge in [0.1, 0.15) is 0 Å². The molecule has 28 heavy (non-hydrogen) atoms. The maximum atomic E-state index is 12.7. The number of carbonyl (C=O) groups excluding carboxylic acids is 2. The van der Waals surface area contributed by atoms with Crippen molar-refractivity contribution >= 4 is 11.9 Å². The molecule has 0 radical (unpaired) electrons. The molecule has 1 heterocycles. The van der Waals surface area contributed by atoms with Crippen molar-refractivity contribution in [2.45, 2.75) is 26.3 Å². The molecule has 0 bridgehead atoms. The Morgan fingerprint density at radius 2 is 1.61 bits per heavy atom. The lowest BCUT2D eigenvalue weighted by atomic mass is 10.1. The summed E-state index contributed by atoms with van der Waals surface area (Å²) in [4.78, 5) is 24.7. The zero-order valence-electron chi connectivity index (χ0n) is 16.2. The van der Waals surface area contributed by atoms with E-state index in [4.69, 9.17) is 4.74 Å². The molecule has 0 aliphatic carbocycles. The molecule has 0 atom stereocenters. The van der Waals surface area contributed by atoms with Gasteiger partial charge in [0.15, 0.2) is 12.3 Å². The second kappa shape index (κ2) is 8.08. The predicted octanol–water partition coefficient (Wildman–Crippen LogP) is 3.61. The number of ether oxygens (including phenoxy) is 1. The summed E-state index contributed by atoms with van der Waals surface area (Å²) in [5, 5.41) is 7.34. The van der Waals surface area contributed by atoms with Crippen LogP contribution < -0.4 is 5.32 Å². The number of para-hydroxylation sites is 1. The van der Waals surface area contributed by atoms with Gasteiger partial charge >= 0.3 is 5.97 Å². The van der Waals surface area contributed by atoms with Gasteiger partial charge in [-0.15, -0.1) is 0 Å². The van der Waals surface area contributed by atoms with Crippen LogP contribution in [0, 0.1) is 0 Å². The van der Waals surface area contributed by atoms with Crippen LogP contribution in [0.1, 0.15) is 31.3 Å². The zero-order chi connectivity index (χ0) is 20.1. The van der Waals surface area contributed by atoms with Gasteiger partial charge in [-0.05, 0) is 39.0 Å². The van der Waals surface area contributed by atoms with Crippen molar-refractivity contribution in [1.82, 2.24) is 15.1 Å². The molecular formula is C22H23N3O3. The molecule has 6 nitrogen and oxygen atoms in total. The Labute approximate surface area is 164 Å². The van der Waals surface area contributed by atoms with E-state index in [2.05, 4.69) is 10.4 Å². The van der Waals surface area contributed by atoms with Gasteiger partial charge in [0.25, 0.3) is 5.91 Å². The van der Waals surface area contributed by atoms with Crippen molar-refractivity contribution in [2.75, 3.05) is 6.61 Å². The molecule has 144 valence electrons. The Morgan fingerprint density at radius 3 is 2.21 bits per heavy atom. The first kappa shape index (κ1) is 19.4. The van der Waals surface area contributed by atoms with Gasteiger partial charge in [-0.25, -0.2) is 9.48 Å². The van der Waals surface area contributed by atoms with Gasteiger partial charge in [-0.2, -0.15) is 5.10 Å². The van der Waals surface area contributed by atoms with Crippen molar-refractivity contribution in [3.63, 3.8) is 0 Å². The summed E-state index contributed by atoms with van der Waals surface area (Å²) in [6.45, 7) is 5.24. The Balaban J connectivity index is 1.87. The number of nitrogens with one attached hydrogen (secondary N) is 1. The van der Waals surface area contributed by atoms with E-state index in [0.717, 1.165) is 11.3 Å². The number of nitrogens with zero attached hydrogens (tertiary/aromatic N) is 2. The highest BCUT2D eigenvalue weighted by Crippen LogP contribution is 2.22. The smallest absolute Gasteiger partial charge is 0.357 e. The van der Waals surface area contributed by atoms with Crippen LogP contribution in [-0.4, -0.2) is 33.8 Å². The molecule has 0 saturated heterocycles. The highest BCUT2D eigenvalue weighted by Gasteiger charge is 2.21. The SMILES string of the molecule is CC(C)(C)NC(=O)COC(=O)c1cc(-c2ccccc2)nn1-c1ccccc1. The zero-order valence-corrected chi connectivity index (χ0v) is 16.2. The first-order valence-corrected chi connectivity index (χ1v) is 9.02. The predicted molar refractivity (Wildman–Crippen MR) is 107 cm³/mol. The first-order valence-electron chi connectivity index (χ1n) is 9.02. The molecule has 0 aliphatic rings. The van der Waals surface area contributed by atoms with Crippen molar-refractivity contribution < 1.29 is 14.3 Å². The minimum atomic E-state index is -0.609. The van der Waals surface area contributed by atoms with Crippen LogP contribution >= 0.6 is 0 Å². The minimum absolute atomic E-state index is 0.258. The highest BCUT2D eigenvalue weighted by molar-refractivity contribution is 5.91. The molecule has 0 fully saturated rings. The van der Waals surface area contributed by atoms with E-state index in [1.165, 1.54) is 4.68 Å². The summed E-state index contributed by atoms with van der Waals surface area (Å²) >= 11 is 0. The number of benzene rings is 2. The standard InChI is InChI=1S/C22H23N3O3/c1-22(2,3)23-20(26)15-28-21(27)19-14-18(16-10-6-4-7-11-16)24-25(19)17-12-8-5-9-13-17/h4-14H,15H2,1-3H3,(H,23,26). The van der Waals surface area contributed by atoms with Gasteiger partial charge in [-0.1, -0.05) is 48.5 Å². The second-order valence-corrected chi connectivity index (χ2v) is 7.40. The Bertz CT molecular complexity index is 958. The minimum Gasteiger partial charge on any atom is -0.451 e. The quantitative estimate of drug-likeness (QED) is 0.690. The molecule has 3 aromatic rings. The molecule has 1 aromatic heterocycles. The fraction of sp³-hybridized carbons (Fsp3) is 0.227. The lowest BCUT2D eigenvalue weighted by molar-refractivity contribution is -0.125. The average molecular weight is 377 g/mol. The fourth-order valence-electron chi connectivity index (χ4n) is 2.70. The fourth-order valence-corrected chi connectivity index (χ4v) is 2.70. The Morgan fingerprint density at radius 1 is 1.00 bits per heavy atom. The summed E-state index contributed by atoms with van der Waals surface area (Å²) in [5.41, 5.74) is 2.13. The number of hydrogen-bond donors (Lipinski definition) is 1. The molecular weight excluding hydrogens is 354 g/mol. The van der Waals surface area contributed by atoms with E-state index in [0.29, 0.717) is 5.69 Å². The van der Waals surface area contributed by atoms with Crippen molar-refractivity contribution in [2.24, 2.45) is 0 Å². The molecule has 6 heteroatoms. The van der Waals surface area contributed by atoms with Crippen LogP contribution in [0.2, 0.25) is 0 Å². The molecule has 0 unspecified atom stereocenters. The van der Waals surface area contributed by atoms with E-state index < -0.39 is 11.5 Å². The third-order valence-electron chi connectivity index (χ3n) is 3.84. The van der Waals surface area contributed by atoms with Crippen LogP contribution in [0.3, 0.4) is 0 Å². The van der Waals surface area contributed by atoms with E-state index in [1.54, 1.807) is 6.07 Å². The van der Waals surface area contributed by atoms with Gasteiger partial charge in [0.2, 0.25) is 0 Å². The van der Waals surface area contributed by atoms with Crippen LogP contribution in [0.15, 0.2) is 66.7 Å². The molecule has 0 saturated carbocycles. The molecule has 1 N–H and O–H groups in total. The van der Waals surface area contributed by atoms with E-state index in [-0.39, 0.29) is 18.2 Å². The van der Waals surface area contributed by atoms with Crippen LogP contribution in [0.4, 0.5) is 0 Å². The monoisotopic (exact) mass is 377 g/mol. The van der Waals surface area contributed by atoms with Crippen molar-refractivity contribution in [1.29, 1.82) is 0 Å². The summed E-state index contributed by atoms with van der Waals surface area (Å²) in [7, 11) is 0. The molecule has 0 spiro atoms. The number of amides is 1. The first-order chi connectivity index (χ1) is 13.3. The number of esters is 1. The molecule has 2 aromatic carbocycles. The number of carbonyl (C=O) groups is 2. The van der Waals surface area contributed by atoms with Gasteiger partial charge in [0.05, 0.1) is 11.4 Å². The maximum absolute atomic E-state index is 12.7. The van der Waals surface area contributed by atoms with Gasteiger partial charge < -0.3 is 10.1 Å². The van der Waals surface area contributed by atoms with E-state index in [1.807, 2.05) is 81.4 Å². The van der Waals surface area contributed by atoms with Gasteiger partial charge in [-0.3, -0.25) is 4.79 Å². The lowest BCUT2D eigenvalue weighted by Gasteiger charge is -2.20. The van der Waals surface area contributed by atoms with Crippen molar-refractivity contribution in [3.05, 3.63) is 72.4 Å². The third kappa shape index (κ3) is 4.85. The number of aromatic nitrogens is 2. The second-order valence-electron chi connectivity index (χ2n) is 7.40. The molecule has 1 amide bonds. The summed E-state index contributed by atoms with van der Waals surface area (Å²) < 4.78 is 6.77. The largest absolute Gasteiger partial charge is 0.451 e.